The maximum absolute atomic E-state index is 9.07. The molecular weight excluding hydrogens is 280 g/mol. The highest BCUT2D eigenvalue weighted by Crippen LogP contribution is 2.26. The first-order valence-electron chi connectivity index (χ1n) is 5.37. The predicted octanol–water partition coefficient (Wildman–Crippen LogP) is 3.04. The van der Waals surface area contributed by atoms with E-state index >= 15 is 0 Å². The highest BCUT2D eigenvalue weighted by molar-refractivity contribution is 9.10. The second kappa shape index (κ2) is 5.52. The zero-order chi connectivity index (χ0) is 13.1. The molecule has 0 aliphatic rings. The largest absolute Gasteiger partial charge is 0.490 e. The number of halogens is 1. The van der Waals surface area contributed by atoms with Gasteiger partial charge in [-0.2, -0.15) is 5.26 Å². The normalized spacial score (nSPS) is 11.4. The fourth-order valence-corrected chi connectivity index (χ4v) is 1.55. The number of ether oxygens (including phenoxy) is 1. The van der Waals surface area contributed by atoms with Gasteiger partial charge < -0.3 is 9.64 Å². The molecule has 0 aromatic heterocycles. The van der Waals surface area contributed by atoms with Crippen molar-refractivity contribution in [1.29, 1.82) is 5.26 Å². The maximum Gasteiger partial charge on any atom is 0.138 e. The molecule has 0 bridgehead atoms. The molecule has 0 fully saturated rings. The third-order valence-electron chi connectivity index (χ3n) is 2.88. The molecule has 0 aliphatic carbocycles. The number of hydrogen-bond acceptors (Lipinski definition) is 3. The average molecular weight is 297 g/mol. The SMILES string of the molecule is CN(C)C(C)(C)COc1cccc(Br)c1C#N. The standard InChI is InChI=1S/C13H17BrN2O/c1-13(2,16(3)4)9-17-12-7-5-6-11(14)10(12)8-15/h5-7H,9H2,1-4H3. The molecule has 3 nitrogen and oxygen atoms in total. The average Bonchev–Trinajstić information content (AvgIpc) is 2.26. The lowest BCUT2D eigenvalue weighted by Gasteiger charge is -2.32. The molecule has 0 spiro atoms. The summed E-state index contributed by atoms with van der Waals surface area (Å²) in [6, 6.07) is 7.66. The summed E-state index contributed by atoms with van der Waals surface area (Å²) in [6.45, 7) is 4.72. The van der Waals surface area contributed by atoms with Crippen molar-refractivity contribution in [3.8, 4) is 11.8 Å². The van der Waals surface area contributed by atoms with Crippen LogP contribution in [0.4, 0.5) is 0 Å². The van der Waals surface area contributed by atoms with Gasteiger partial charge in [0.1, 0.15) is 24.0 Å². The summed E-state index contributed by atoms with van der Waals surface area (Å²) in [5.41, 5.74) is 0.469. The van der Waals surface area contributed by atoms with E-state index < -0.39 is 0 Å². The second-order valence-corrected chi connectivity index (χ2v) is 5.57. The second-order valence-electron chi connectivity index (χ2n) is 4.72. The molecule has 0 N–H and O–H groups in total. The van der Waals surface area contributed by atoms with Gasteiger partial charge in [-0.25, -0.2) is 0 Å². The monoisotopic (exact) mass is 296 g/mol. The minimum absolute atomic E-state index is 0.0744. The Morgan fingerprint density at radius 1 is 1.41 bits per heavy atom. The van der Waals surface area contributed by atoms with Crippen molar-refractivity contribution in [2.45, 2.75) is 19.4 Å². The molecule has 92 valence electrons. The molecule has 0 heterocycles. The lowest BCUT2D eigenvalue weighted by atomic mass is 10.1. The molecule has 4 heteroatoms. The predicted molar refractivity (Wildman–Crippen MR) is 72.1 cm³/mol. The van der Waals surface area contributed by atoms with Gasteiger partial charge in [-0.15, -0.1) is 0 Å². The summed E-state index contributed by atoms with van der Waals surface area (Å²) in [5.74, 6) is 0.622. The Balaban J connectivity index is 2.84. The first-order chi connectivity index (χ1) is 7.88. The van der Waals surface area contributed by atoms with Crippen LogP contribution in [-0.4, -0.2) is 31.1 Å². The van der Waals surface area contributed by atoms with Gasteiger partial charge in [0, 0.05) is 10.0 Å². The Morgan fingerprint density at radius 3 is 2.59 bits per heavy atom. The molecule has 0 radical (unpaired) electrons. The number of likely N-dealkylation sites (N-methyl/N-ethyl adjacent to an activating group) is 1. The molecule has 1 aromatic carbocycles. The molecule has 0 aliphatic heterocycles. The van der Waals surface area contributed by atoms with E-state index in [0.29, 0.717) is 17.9 Å². The lowest BCUT2D eigenvalue weighted by Crippen LogP contribution is -2.43. The summed E-state index contributed by atoms with van der Waals surface area (Å²) in [5, 5.41) is 9.07. The molecule has 0 amide bonds. The van der Waals surface area contributed by atoms with Crippen molar-refractivity contribution >= 4 is 15.9 Å². The van der Waals surface area contributed by atoms with Gasteiger partial charge >= 0.3 is 0 Å². The molecule has 0 saturated heterocycles. The van der Waals surface area contributed by atoms with E-state index in [-0.39, 0.29) is 5.54 Å². The Bertz CT molecular complexity index is 436. The topological polar surface area (TPSA) is 36.3 Å². The van der Waals surface area contributed by atoms with Crippen LogP contribution in [0.2, 0.25) is 0 Å². The van der Waals surface area contributed by atoms with E-state index in [1.807, 2.05) is 32.3 Å². The van der Waals surface area contributed by atoms with E-state index in [9.17, 15) is 0 Å². The molecular formula is C13H17BrN2O. The molecule has 0 saturated carbocycles. The van der Waals surface area contributed by atoms with Gasteiger partial charge in [0.05, 0.1) is 0 Å². The number of hydrogen-bond donors (Lipinski definition) is 0. The van der Waals surface area contributed by atoms with Crippen LogP contribution in [-0.2, 0) is 0 Å². The van der Waals surface area contributed by atoms with Gasteiger partial charge in [0.2, 0.25) is 0 Å². The van der Waals surface area contributed by atoms with E-state index in [2.05, 4.69) is 40.7 Å². The van der Waals surface area contributed by atoms with E-state index in [1.165, 1.54) is 0 Å². The third kappa shape index (κ3) is 3.45. The molecule has 0 atom stereocenters. The Hall–Kier alpha value is -1.05. The van der Waals surface area contributed by atoms with Crippen LogP contribution in [0, 0.1) is 11.3 Å². The van der Waals surface area contributed by atoms with Crippen LogP contribution in [0.25, 0.3) is 0 Å². The first kappa shape index (κ1) is 14.0. The van der Waals surface area contributed by atoms with Gasteiger partial charge in [0.25, 0.3) is 0 Å². The van der Waals surface area contributed by atoms with Crippen LogP contribution in [0.3, 0.4) is 0 Å². The zero-order valence-electron chi connectivity index (χ0n) is 10.6. The number of rotatable bonds is 4. The number of benzene rings is 1. The van der Waals surface area contributed by atoms with Crippen molar-refractivity contribution in [2.75, 3.05) is 20.7 Å². The summed E-state index contributed by atoms with van der Waals surface area (Å²) in [6.07, 6.45) is 0. The Labute approximate surface area is 111 Å². The summed E-state index contributed by atoms with van der Waals surface area (Å²) in [4.78, 5) is 2.09. The van der Waals surface area contributed by atoms with Gasteiger partial charge in [-0.1, -0.05) is 6.07 Å². The van der Waals surface area contributed by atoms with Crippen molar-refractivity contribution in [3.05, 3.63) is 28.2 Å². The zero-order valence-corrected chi connectivity index (χ0v) is 12.2. The van der Waals surface area contributed by atoms with Crippen LogP contribution in [0.15, 0.2) is 22.7 Å². The first-order valence-corrected chi connectivity index (χ1v) is 6.16. The molecule has 17 heavy (non-hydrogen) atoms. The summed E-state index contributed by atoms with van der Waals surface area (Å²) in [7, 11) is 4.02. The van der Waals surface area contributed by atoms with Crippen molar-refractivity contribution in [3.63, 3.8) is 0 Å². The smallest absolute Gasteiger partial charge is 0.138 e. The van der Waals surface area contributed by atoms with Crippen molar-refractivity contribution in [2.24, 2.45) is 0 Å². The Kier molecular flexibility index (Phi) is 4.55. The van der Waals surface area contributed by atoms with Gasteiger partial charge in [0.15, 0.2) is 0 Å². The third-order valence-corrected chi connectivity index (χ3v) is 3.54. The lowest BCUT2D eigenvalue weighted by molar-refractivity contribution is 0.114. The van der Waals surface area contributed by atoms with Crippen LogP contribution < -0.4 is 4.74 Å². The van der Waals surface area contributed by atoms with Crippen LogP contribution >= 0.6 is 15.9 Å². The fraction of sp³-hybridized carbons (Fsp3) is 0.462. The van der Waals surface area contributed by atoms with Crippen molar-refractivity contribution in [1.82, 2.24) is 4.90 Å². The minimum atomic E-state index is -0.0744. The highest BCUT2D eigenvalue weighted by atomic mass is 79.9. The quantitative estimate of drug-likeness (QED) is 0.857. The molecule has 1 aromatic rings. The molecule has 0 unspecified atom stereocenters. The van der Waals surface area contributed by atoms with Crippen LogP contribution in [0.5, 0.6) is 5.75 Å². The highest BCUT2D eigenvalue weighted by Gasteiger charge is 2.22. The Morgan fingerprint density at radius 2 is 2.06 bits per heavy atom. The number of nitrogens with zero attached hydrogens (tertiary/aromatic N) is 2. The summed E-state index contributed by atoms with van der Waals surface area (Å²) >= 11 is 3.34. The van der Waals surface area contributed by atoms with E-state index in [0.717, 1.165) is 4.47 Å². The van der Waals surface area contributed by atoms with E-state index in [1.54, 1.807) is 0 Å². The van der Waals surface area contributed by atoms with Crippen LogP contribution in [0.1, 0.15) is 19.4 Å². The minimum Gasteiger partial charge on any atom is -0.490 e. The maximum atomic E-state index is 9.07. The van der Waals surface area contributed by atoms with Crippen molar-refractivity contribution < 1.29 is 4.74 Å². The molecule has 1 rings (SSSR count). The number of nitriles is 1. The fourth-order valence-electron chi connectivity index (χ4n) is 1.12. The van der Waals surface area contributed by atoms with Gasteiger partial charge in [-0.05, 0) is 56.0 Å². The van der Waals surface area contributed by atoms with Gasteiger partial charge in [-0.3, -0.25) is 0 Å². The van der Waals surface area contributed by atoms with E-state index in [4.69, 9.17) is 10.00 Å². The summed E-state index contributed by atoms with van der Waals surface area (Å²) < 4.78 is 6.50.